The molecule has 3 aromatic heterocycles. The summed E-state index contributed by atoms with van der Waals surface area (Å²) in [5.41, 5.74) is 1.92. The maximum Gasteiger partial charge on any atom is 0.243 e. The normalized spacial score (nSPS) is 12.8. The predicted octanol–water partition coefficient (Wildman–Crippen LogP) is 0.724. The highest BCUT2D eigenvalue weighted by Gasteiger charge is 2.12. The molecular formula is C10H12N8. The van der Waals surface area contributed by atoms with Gasteiger partial charge in [0.2, 0.25) is 5.95 Å². The van der Waals surface area contributed by atoms with Gasteiger partial charge in [-0.1, -0.05) is 11.3 Å². The predicted molar refractivity (Wildman–Crippen MR) is 63.9 cm³/mol. The van der Waals surface area contributed by atoms with Crippen LogP contribution in [0.3, 0.4) is 0 Å². The summed E-state index contributed by atoms with van der Waals surface area (Å²) < 4.78 is 1.74. The van der Waals surface area contributed by atoms with Gasteiger partial charge in [0.15, 0.2) is 11.5 Å². The van der Waals surface area contributed by atoms with Gasteiger partial charge in [0, 0.05) is 6.20 Å². The Morgan fingerprint density at radius 3 is 3.06 bits per heavy atom. The molecule has 0 bridgehead atoms. The summed E-state index contributed by atoms with van der Waals surface area (Å²) >= 11 is 0. The summed E-state index contributed by atoms with van der Waals surface area (Å²) in [7, 11) is 0. The number of aromatic nitrogens is 7. The standard InChI is InChI=1S/C10H12N8/c1-6-3-4-8-12-10(15-18(8)5-6)11-7(2)9-13-16-17-14-9/h3-5,7H,1-2H3,(H,11,15)(H,13,14,16,17). The molecule has 0 saturated carbocycles. The zero-order chi connectivity index (χ0) is 12.5. The second-order valence-electron chi connectivity index (χ2n) is 4.08. The van der Waals surface area contributed by atoms with Gasteiger partial charge in [-0.15, -0.1) is 15.3 Å². The summed E-state index contributed by atoms with van der Waals surface area (Å²) in [6.07, 6.45) is 1.92. The number of anilines is 1. The monoisotopic (exact) mass is 244 g/mol. The summed E-state index contributed by atoms with van der Waals surface area (Å²) in [5, 5.41) is 21.2. The van der Waals surface area contributed by atoms with Crippen LogP contribution in [0.4, 0.5) is 5.95 Å². The molecule has 0 aliphatic heterocycles. The Balaban J connectivity index is 1.86. The molecule has 0 spiro atoms. The van der Waals surface area contributed by atoms with E-state index in [1.807, 2.05) is 32.2 Å². The van der Waals surface area contributed by atoms with Gasteiger partial charge in [0.05, 0.1) is 6.04 Å². The largest absolute Gasteiger partial charge is 0.343 e. The number of rotatable bonds is 3. The fraction of sp³-hybridized carbons (Fsp3) is 0.300. The first-order valence-electron chi connectivity index (χ1n) is 5.55. The Labute approximate surface area is 102 Å². The highest BCUT2D eigenvalue weighted by molar-refractivity contribution is 5.44. The van der Waals surface area contributed by atoms with E-state index in [0.717, 1.165) is 11.2 Å². The molecule has 0 aromatic carbocycles. The van der Waals surface area contributed by atoms with E-state index >= 15 is 0 Å². The molecule has 1 atom stereocenters. The van der Waals surface area contributed by atoms with E-state index in [1.54, 1.807) is 4.52 Å². The van der Waals surface area contributed by atoms with Gasteiger partial charge in [-0.3, -0.25) is 0 Å². The summed E-state index contributed by atoms with van der Waals surface area (Å²) in [4.78, 5) is 4.36. The van der Waals surface area contributed by atoms with Crippen LogP contribution in [0.15, 0.2) is 18.3 Å². The number of pyridine rings is 1. The Hall–Kier alpha value is -2.51. The molecule has 1 unspecified atom stereocenters. The van der Waals surface area contributed by atoms with E-state index in [2.05, 4.69) is 36.0 Å². The molecule has 3 rings (SSSR count). The van der Waals surface area contributed by atoms with Gasteiger partial charge >= 0.3 is 0 Å². The highest BCUT2D eigenvalue weighted by atomic mass is 15.5. The minimum Gasteiger partial charge on any atom is -0.343 e. The van der Waals surface area contributed by atoms with Crippen molar-refractivity contribution in [3.8, 4) is 0 Å². The van der Waals surface area contributed by atoms with E-state index < -0.39 is 0 Å². The summed E-state index contributed by atoms with van der Waals surface area (Å²) in [5.74, 6) is 1.11. The van der Waals surface area contributed by atoms with Crippen LogP contribution in [-0.2, 0) is 0 Å². The number of hydrogen-bond acceptors (Lipinski definition) is 6. The average molecular weight is 244 g/mol. The first-order chi connectivity index (χ1) is 8.72. The minimum absolute atomic E-state index is 0.109. The SMILES string of the molecule is Cc1ccc2nc(NC(C)c3nn[nH]n3)nn2c1. The first-order valence-corrected chi connectivity index (χ1v) is 5.55. The maximum atomic E-state index is 4.36. The van der Waals surface area contributed by atoms with Crippen molar-refractivity contribution in [3.63, 3.8) is 0 Å². The lowest BCUT2D eigenvalue weighted by Gasteiger charge is -2.05. The zero-order valence-corrected chi connectivity index (χ0v) is 9.99. The van der Waals surface area contributed by atoms with Crippen molar-refractivity contribution in [2.45, 2.75) is 19.9 Å². The lowest BCUT2D eigenvalue weighted by molar-refractivity contribution is 0.778. The molecule has 18 heavy (non-hydrogen) atoms. The van der Waals surface area contributed by atoms with Crippen molar-refractivity contribution in [2.24, 2.45) is 0 Å². The quantitative estimate of drug-likeness (QED) is 0.704. The Morgan fingerprint density at radius 1 is 1.39 bits per heavy atom. The second kappa shape index (κ2) is 4.06. The highest BCUT2D eigenvalue weighted by Crippen LogP contribution is 2.13. The van der Waals surface area contributed by atoms with Gasteiger partial charge in [0.25, 0.3) is 0 Å². The van der Waals surface area contributed by atoms with Crippen LogP contribution in [0.25, 0.3) is 5.65 Å². The van der Waals surface area contributed by atoms with Gasteiger partial charge in [-0.05, 0) is 25.5 Å². The molecule has 0 fully saturated rings. The number of nitrogens with one attached hydrogen (secondary N) is 2. The first kappa shape index (κ1) is 10.6. The van der Waals surface area contributed by atoms with Gasteiger partial charge in [-0.25, -0.2) is 4.52 Å². The van der Waals surface area contributed by atoms with Crippen molar-refractivity contribution in [1.29, 1.82) is 0 Å². The maximum absolute atomic E-state index is 4.36. The minimum atomic E-state index is -0.109. The van der Waals surface area contributed by atoms with Crippen LogP contribution in [-0.4, -0.2) is 35.2 Å². The van der Waals surface area contributed by atoms with Crippen LogP contribution in [0, 0.1) is 6.92 Å². The number of aromatic amines is 1. The van der Waals surface area contributed by atoms with E-state index in [0.29, 0.717) is 11.8 Å². The molecule has 3 aromatic rings. The second-order valence-corrected chi connectivity index (χ2v) is 4.08. The Bertz CT molecular complexity index is 656. The molecule has 0 amide bonds. The van der Waals surface area contributed by atoms with E-state index in [4.69, 9.17) is 0 Å². The van der Waals surface area contributed by atoms with E-state index in [1.165, 1.54) is 0 Å². The average Bonchev–Trinajstić information content (AvgIpc) is 2.95. The molecule has 92 valence electrons. The van der Waals surface area contributed by atoms with E-state index in [-0.39, 0.29) is 6.04 Å². The summed E-state index contributed by atoms with van der Waals surface area (Å²) in [6, 6.07) is 3.81. The third kappa shape index (κ3) is 1.88. The molecule has 0 aliphatic carbocycles. The smallest absolute Gasteiger partial charge is 0.243 e. The lowest BCUT2D eigenvalue weighted by Crippen LogP contribution is -2.09. The molecule has 0 aliphatic rings. The van der Waals surface area contributed by atoms with Gasteiger partial charge in [0.1, 0.15) is 0 Å². The van der Waals surface area contributed by atoms with Crippen LogP contribution in [0.2, 0.25) is 0 Å². The number of tetrazole rings is 1. The van der Waals surface area contributed by atoms with Crippen molar-refractivity contribution in [2.75, 3.05) is 5.32 Å². The molecule has 3 heterocycles. The van der Waals surface area contributed by atoms with Crippen molar-refractivity contribution >= 4 is 11.6 Å². The van der Waals surface area contributed by atoms with Gasteiger partial charge in [-0.2, -0.15) is 10.2 Å². The number of nitrogens with zero attached hydrogens (tertiary/aromatic N) is 6. The van der Waals surface area contributed by atoms with Crippen LogP contribution >= 0.6 is 0 Å². The fourth-order valence-electron chi connectivity index (χ4n) is 1.66. The number of fused-ring (bicyclic) bond motifs is 1. The molecular weight excluding hydrogens is 232 g/mol. The molecule has 8 heteroatoms. The Kier molecular flexibility index (Phi) is 2.40. The summed E-state index contributed by atoms with van der Waals surface area (Å²) in [6.45, 7) is 3.93. The Morgan fingerprint density at radius 2 is 2.28 bits per heavy atom. The lowest BCUT2D eigenvalue weighted by atomic mass is 10.3. The third-order valence-electron chi connectivity index (χ3n) is 2.57. The molecule has 8 nitrogen and oxygen atoms in total. The van der Waals surface area contributed by atoms with Crippen LogP contribution in [0.1, 0.15) is 24.4 Å². The molecule has 0 radical (unpaired) electrons. The van der Waals surface area contributed by atoms with E-state index in [9.17, 15) is 0 Å². The molecule has 2 N–H and O–H groups in total. The van der Waals surface area contributed by atoms with Crippen LogP contribution < -0.4 is 5.32 Å². The van der Waals surface area contributed by atoms with Crippen molar-refractivity contribution in [3.05, 3.63) is 29.7 Å². The number of hydrogen-bond donors (Lipinski definition) is 2. The number of H-pyrrole nitrogens is 1. The number of aryl methyl sites for hydroxylation is 1. The fourth-order valence-corrected chi connectivity index (χ4v) is 1.66. The van der Waals surface area contributed by atoms with Gasteiger partial charge < -0.3 is 5.32 Å². The molecule has 0 saturated heterocycles. The topological polar surface area (TPSA) is 96.7 Å². The zero-order valence-electron chi connectivity index (χ0n) is 9.99. The van der Waals surface area contributed by atoms with Crippen molar-refractivity contribution < 1.29 is 0 Å². The van der Waals surface area contributed by atoms with Crippen molar-refractivity contribution in [1.82, 2.24) is 35.2 Å². The van der Waals surface area contributed by atoms with Crippen LogP contribution in [0.5, 0.6) is 0 Å². The third-order valence-corrected chi connectivity index (χ3v) is 2.57.